The molecular formula is C14H13NO4. The summed E-state index contributed by atoms with van der Waals surface area (Å²) >= 11 is 0. The molecule has 0 saturated carbocycles. The summed E-state index contributed by atoms with van der Waals surface area (Å²) in [5.74, 6) is -0.504. The molecule has 19 heavy (non-hydrogen) atoms. The second kappa shape index (κ2) is 6.87. The number of phenols is 1. The Labute approximate surface area is 111 Å². The predicted octanol–water partition coefficient (Wildman–Crippen LogP) is 2.04. The minimum absolute atomic E-state index is 0.0334. The molecule has 0 saturated heterocycles. The summed E-state index contributed by atoms with van der Waals surface area (Å²) < 4.78 is 9.65. The molecule has 1 N–H and O–H groups in total. The van der Waals surface area contributed by atoms with Crippen LogP contribution >= 0.6 is 0 Å². The monoisotopic (exact) mass is 259 g/mol. The van der Waals surface area contributed by atoms with Crippen molar-refractivity contribution in [3.8, 4) is 17.6 Å². The maximum Gasteiger partial charge on any atom is 0.349 e. The quantitative estimate of drug-likeness (QED) is 0.379. The van der Waals surface area contributed by atoms with Crippen molar-refractivity contribution in [3.05, 3.63) is 42.0 Å². The zero-order valence-corrected chi connectivity index (χ0v) is 10.4. The molecule has 0 aliphatic heterocycles. The first-order valence-electron chi connectivity index (χ1n) is 5.39. The van der Waals surface area contributed by atoms with Gasteiger partial charge in [-0.05, 0) is 23.8 Å². The van der Waals surface area contributed by atoms with E-state index in [-0.39, 0.29) is 17.9 Å². The number of nitriles is 1. The Bertz CT molecular complexity index is 555. The van der Waals surface area contributed by atoms with Crippen molar-refractivity contribution in [3.63, 3.8) is 0 Å². The molecule has 0 unspecified atom stereocenters. The number of nitrogens with zero attached hydrogens (tertiary/aromatic N) is 1. The summed E-state index contributed by atoms with van der Waals surface area (Å²) in [7, 11) is 1.43. The summed E-state index contributed by atoms with van der Waals surface area (Å²) in [6.45, 7) is 3.44. The lowest BCUT2D eigenvalue weighted by atomic mass is 10.1. The highest BCUT2D eigenvalue weighted by molar-refractivity contribution is 5.98. The van der Waals surface area contributed by atoms with Crippen LogP contribution in [0.4, 0.5) is 0 Å². The Morgan fingerprint density at radius 2 is 2.32 bits per heavy atom. The fourth-order valence-electron chi connectivity index (χ4n) is 1.31. The number of hydrogen-bond donors (Lipinski definition) is 1. The van der Waals surface area contributed by atoms with Crippen molar-refractivity contribution in [2.75, 3.05) is 13.7 Å². The van der Waals surface area contributed by atoms with E-state index < -0.39 is 5.97 Å². The minimum Gasteiger partial charge on any atom is -0.504 e. The van der Waals surface area contributed by atoms with Gasteiger partial charge in [-0.3, -0.25) is 0 Å². The fraction of sp³-hybridized carbons (Fsp3) is 0.143. The van der Waals surface area contributed by atoms with E-state index in [4.69, 9.17) is 14.7 Å². The third-order valence-electron chi connectivity index (χ3n) is 2.19. The molecule has 0 aliphatic rings. The molecule has 0 atom stereocenters. The number of ether oxygens (including phenoxy) is 2. The molecule has 0 heterocycles. The predicted molar refractivity (Wildman–Crippen MR) is 69.4 cm³/mol. The van der Waals surface area contributed by atoms with Crippen LogP contribution in [-0.2, 0) is 9.53 Å². The molecule has 98 valence electrons. The van der Waals surface area contributed by atoms with Gasteiger partial charge >= 0.3 is 5.97 Å². The molecule has 0 fully saturated rings. The number of phenolic OH excluding ortho intramolecular Hbond substituents is 1. The molecular weight excluding hydrogens is 246 g/mol. The summed E-state index contributed by atoms with van der Waals surface area (Å²) in [4.78, 5) is 11.5. The number of carbonyl (C=O) groups excluding carboxylic acids is 1. The van der Waals surface area contributed by atoms with Crippen LogP contribution in [0, 0.1) is 11.3 Å². The molecule has 0 radical (unpaired) electrons. The molecule has 0 bridgehead atoms. The van der Waals surface area contributed by atoms with Gasteiger partial charge in [0.25, 0.3) is 0 Å². The van der Waals surface area contributed by atoms with Gasteiger partial charge in [0.1, 0.15) is 18.2 Å². The first-order chi connectivity index (χ1) is 9.12. The van der Waals surface area contributed by atoms with Crippen LogP contribution in [0.1, 0.15) is 5.56 Å². The second-order valence-corrected chi connectivity index (χ2v) is 3.49. The standard InChI is InChI=1S/C14H13NO4/c1-3-6-19-14(17)11(9-15)7-10-4-5-13(18-2)12(16)8-10/h3-5,7-8,16H,1,6H2,2H3/b11-7+. The molecule has 1 aromatic carbocycles. The molecule has 1 aromatic rings. The molecule has 0 amide bonds. The lowest BCUT2D eigenvalue weighted by Gasteiger charge is -2.04. The first-order valence-corrected chi connectivity index (χ1v) is 5.39. The molecule has 0 aliphatic carbocycles. The number of hydrogen-bond acceptors (Lipinski definition) is 5. The van der Waals surface area contributed by atoms with E-state index in [9.17, 15) is 9.90 Å². The SMILES string of the molecule is C=CCOC(=O)/C(C#N)=C/c1ccc(OC)c(O)c1. The Hall–Kier alpha value is -2.74. The fourth-order valence-corrected chi connectivity index (χ4v) is 1.31. The van der Waals surface area contributed by atoms with E-state index in [1.165, 1.54) is 31.4 Å². The largest absolute Gasteiger partial charge is 0.504 e. The van der Waals surface area contributed by atoms with E-state index in [0.29, 0.717) is 11.3 Å². The highest BCUT2D eigenvalue weighted by atomic mass is 16.5. The van der Waals surface area contributed by atoms with E-state index in [2.05, 4.69) is 6.58 Å². The molecule has 0 aromatic heterocycles. The van der Waals surface area contributed by atoms with Gasteiger partial charge in [0.2, 0.25) is 0 Å². The maximum atomic E-state index is 11.5. The van der Waals surface area contributed by atoms with Crippen molar-refractivity contribution in [1.29, 1.82) is 5.26 Å². The number of benzene rings is 1. The normalized spacial score (nSPS) is 10.4. The van der Waals surface area contributed by atoms with Crippen molar-refractivity contribution in [2.24, 2.45) is 0 Å². The van der Waals surface area contributed by atoms with Gasteiger partial charge in [-0.2, -0.15) is 5.26 Å². The topological polar surface area (TPSA) is 79.6 Å². The molecule has 0 spiro atoms. The number of carbonyl (C=O) groups is 1. The number of aromatic hydroxyl groups is 1. The van der Waals surface area contributed by atoms with Gasteiger partial charge in [0, 0.05) is 0 Å². The Morgan fingerprint density at radius 1 is 1.58 bits per heavy atom. The Kier molecular flexibility index (Phi) is 5.17. The molecule has 5 heteroatoms. The van der Waals surface area contributed by atoms with Crippen molar-refractivity contribution in [2.45, 2.75) is 0 Å². The summed E-state index contributed by atoms with van der Waals surface area (Å²) in [5.41, 5.74) is 0.330. The third-order valence-corrected chi connectivity index (χ3v) is 2.19. The van der Waals surface area contributed by atoms with E-state index in [1.54, 1.807) is 12.1 Å². The molecule has 5 nitrogen and oxygen atoms in total. The van der Waals surface area contributed by atoms with Crippen molar-refractivity contribution >= 4 is 12.0 Å². The van der Waals surface area contributed by atoms with Gasteiger partial charge < -0.3 is 14.6 Å². The third kappa shape index (κ3) is 3.89. The van der Waals surface area contributed by atoms with Crippen LogP contribution in [-0.4, -0.2) is 24.8 Å². The average molecular weight is 259 g/mol. The lowest BCUT2D eigenvalue weighted by molar-refractivity contribution is -0.137. The number of methoxy groups -OCH3 is 1. The lowest BCUT2D eigenvalue weighted by Crippen LogP contribution is -2.06. The second-order valence-electron chi connectivity index (χ2n) is 3.49. The van der Waals surface area contributed by atoms with E-state index in [1.807, 2.05) is 0 Å². The van der Waals surface area contributed by atoms with Gasteiger partial charge in [-0.1, -0.05) is 18.7 Å². The summed E-state index contributed by atoms with van der Waals surface area (Å²) in [6, 6.07) is 6.27. The van der Waals surface area contributed by atoms with Gasteiger partial charge in [-0.25, -0.2) is 4.79 Å². The van der Waals surface area contributed by atoms with E-state index in [0.717, 1.165) is 0 Å². The van der Waals surface area contributed by atoms with E-state index >= 15 is 0 Å². The van der Waals surface area contributed by atoms with Crippen molar-refractivity contribution in [1.82, 2.24) is 0 Å². The van der Waals surface area contributed by atoms with Gasteiger partial charge in [0.15, 0.2) is 11.5 Å². The summed E-state index contributed by atoms with van der Waals surface area (Å²) in [5, 5.41) is 18.5. The Morgan fingerprint density at radius 3 is 2.84 bits per heavy atom. The average Bonchev–Trinajstić information content (AvgIpc) is 2.42. The smallest absolute Gasteiger partial charge is 0.349 e. The zero-order chi connectivity index (χ0) is 14.3. The molecule has 1 rings (SSSR count). The van der Waals surface area contributed by atoms with Crippen LogP contribution in [0.15, 0.2) is 36.4 Å². The van der Waals surface area contributed by atoms with Crippen molar-refractivity contribution < 1.29 is 19.4 Å². The number of rotatable bonds is 5. The highest BCUT2D eigenvalue weighted by Crippen LogP contribution is 2.27. The number of esters is 1. The van der Waals surface area contributed by atoms with Gasteiger partial charge in [-0.15, -0.1) is 0 Å². The van der Waals surface area contributed by atoms with Crippen LogP contribution < -0.4 is 4.74 Å². The van der Waals surface area contributed by atoms with Crippen LogP contribution in [0.25, 0.3) is 6.08 Å². The van der Waals surface area contributed by atoms with Crippen LogP contribution in [0.5, 0.6) is 11.5 Å². The maximum absolute atomic E-state index is 11.5. The zero-order valence-electron chi connectivity index (χ0n) is 10.4. The van der Waals surface area contributed by atoms with Gasteiger partial charge in [0.05, 0.1) is 7.11 Å². The first kappa shape index (κ1) is 14.3. The minimum atomic E-state index is -0.738. The highest BCUT2D eigenvalue weighted by Gasteiger charge is 2.10. The summed E-state index contributed by atoms with van der Waals surface area (Å²) in [6.07, 6.45) is 2.73. The Balaban J connectivity index is 2.98. The van der Waals surface area contributed by atoms with Crippen LogP contribution in [0.3, 0.4) is 0 Å². The van der Waals surface area contributed by atoms with Crippen LogP contribution in [0.2, 0.25) is 0 Å².